The third-order valence-electron chi connectivity index (χ3n) is 4.92. The highest BCUT2D eigenvalue weighted by atomic mass is 35.5. The molecule has 122 valence electrons. The number of hydrogen-bond acceptors (Lipinski definition) is 4. The second kappa shape index (κ2) is 6.23. The van der Waals surface area contributed by atoms with Gasteiger partial charge in [0.05, 0.1) is 18.8 Å². The molecule has 0 radical (unpaired) electrons. The zero-order valence-corrected chi connectivity index (χ0v) is 14.0. The van der Waals surface area contributed by atoms with Crippen molar-refractivity contribution in [1.29, 1.82) is 0 Å². The Bertz CT molecular complexity index is 689. The van der Waals surface area contributed by atoms with Crippen molar-refractivity contribution in [2.45, 2.75) is 38.0 Å². The number of morpholine rings is 1. The molecule has 4 rings (SSSR count). The first-order valence-electron chi connectivity index (χ1n) is 8.20. The molecule has 0 amide bonds. The minimum atomic E-state index is 0.0847. The van der Waals surface area contributed by atoms with Gasteiger partial charge in [0.25, 0.3) is 0 Å². The lowest BCUT2D eigenvalue weighted by Gasteiger charge is -2.39. The molecule has 3 heterocycles. The first kappa shape index (κ1) is 15.1. The molecule has 2 aliphatic heterocycles. The fourth-order valence-corrected chi connectivity index (χ4v) is 3.78. The number of ether oxygens (including phenoxy) is 1. The molecular formula is C17H21ClN4O. The highest BCUT2D eigenvalue weighted by Crippen LogP contribution is 2.30. The van der Waals surface area contributed by atoms with E-state index < -0.39 is 0 Å². The molecule has 23 heavy (non-hydrogen) atoms. The lowest BCUT2D eigenvalue weighted by Crippen LogP contribution is -2.47. The van der Waals surface area contributed by atoms with Crippen molar-refractivity contribution in [3.8, 4) is 0 Å². The van der Waals surface area contributed by atoms with Crippen LogP contribution in [0.15, 0.2) is 30.6 Å². The van der Waals surface area contributed by atoms with Crippen LogP contribution in [0.1, 0.15) is 36.9 Å². The number of halogens is 1. The number of aromatic nitrogens is 3. The molecule has 6 heteroatoms. The molecule has 1 aromatic carbocycles. The van der Waals surface area contributed by atoms with Crippen LogP contribution in [0.4, 0.5) is 0 Å². The molecule has 0 aliphatic carbocycles. The van der Waals surface area contributed by atoms with Gasteiger partial charge < -0.3 is 4.74 Å². The molecule has 3 atom stereocenters. The third kappa shape index (κ3) is 3.01. The zero-order chi connectivity index (χ0) is 15.8. The summed E-state index contributed by atoms with van der Waals surface area (Å²) in [6, 6.07) is 8.83. The van der Waals surface area contributed by atoms with Gasteiger partial charge in [0, 0.05) is 30.6 Å². The number of benzene rings is 1. The molecule has 0 N–H and O–H groups in total. The molecule has 0 bridgehead atoms. The van der Waals surface area contributed by atoms with Gasteiger partial charge >= 0.3 is 0 Å². The monoisotopic (exact) mass is 332 g/mol. The standard InChI is InChI=1S/C17H21ClN4O/c1-12-10-23-16(13-3-2-4-14(18)7-13)9-21(12)8-15-5-6-17-19-11-20-22(15)17/h2-4,7,11-12,15-16H,5-6,8-10H2,1H3. The van der Waals surface area contributed by atoms with Gasteiger partial charge in [-0.3, -0.25) is 4.90 Å². The Balaban J connectivity index is 1.48. The molecule has 2 aromatic rings. The second-order valence-electron chi connectivity index (χ2n) is 6.49. The smallest absolute Gasteiger partial charge is 0.138 e. The van der Waals surface area contributed by atoms with Gasteiger partial charge in [-0.1, -0.05) is 23.7 Å². The van der Waals surface area contributed by atoms with Crippen LogP contribution in [0.5, 0.6) is 0 Å². The molecule has 5 nitrogen and oxygen atoms in total. The summed E-state index contributed by atoms with van der Waals surface area (Å²) >= 11 is 6.12. The van der Waals surface area contributed by atoms with E-state index in [0.29, 0.717) is 12.1 Å². The molecule has 1 aromatic heterocycles. The fraction of sp³-hybridized carbons (Fsp3) is 0.529. The number of nitrogens with zero attached hydrogens (tertiary/aromatic N) is 4. The molecule has 3 unspecified atom stereocenters. The van der Waals surface area contributed by atoms with E-state index in [1.807, 2.05) is 18.2 Å². The Morgan fingerprint density at radius 2 is 2.30 bits per heavy atom. The zero-order valence-electron chi connectivity index (χ0n) is 13.2. The average molecular weight is 333 g/mol. The summed E-state index contributed by atoms with van der Waals surface area (Å²) in [5.74, 6) is 1.11. The molecular weight excluding hydrogens is 312 g/mol. The number of hydrogen-bond donors (Lipinski definition) is 0. The number of rotatable bonds is 3. The maximum Gasteiger partial charge on any atom is 0.138 e. The Morgan fingerprint density at radius 3 is 3.17 bits per heavy atom. The minimum absolute atomic E-state index is 0.0847. The second-order valence-corrected chi connectivity index (χ2v) is 6.93. The Labute approximate surface area is 141 Å². The van der Waals surface area contributed by atoms with Crippen molar-refractivity contribution in [2.75, 3.05) is 19.7 Å². The van der Waals surface area contributed by atoms with Crippen LogP contribution in [-0.2, 0) is 11.2 Å². The Morgan fingerprint density at radius 1 is 1.39 bits per heavy atom. The van der Waals surface area contributed by atoms with Crippen molar-refractivity contribution in [1.82, 2.24) is 19.7 Å². The van der Waals surface area contributed by atoms with Crippen molar-refractivity contribution in [3.63, 3.8) is 0 Å². The highest BCUT2D eigenvalue weighted by molar-refractivity contribution is 6.30. The summed E-state index contributed by atoms with van der Waals surface area (Å²) in [5, 5.41) is 5.15. The highest BCUT2D eigenvalue weighted by Gasteiger charge is 2.32. The van der Waals surface area contributed by atoms with E-state index in [2.05, 4.69) is 32.7 Å². The van der Waals surface area contributed by atoms with E-state index in [-0.39, 0.29) is 6.10 Å². The Kier molecular flexibility index (Phi) is 4.09. The maximum absolute atomic E-state index is 6.12. The Hall–Kier alpha value is -1.43. The number of aryl methyl sites for hydroxylation is 1. The summed E-state index contributed by atoms with van der Waals surface area (Å²) in [7, 11) is 0. The first-order valence-corrected chi connectivity index (χ1v) is 8.58. The largest absolute Gasteiger partial charge is 0.371 e. The van der Waals surface area contributed by atoms with Crippen LogP contribution in [-0.4, -0.2) is 45.4 Å². The maximum atomic E-state index is 6.12. The molecule has 0 saturated carbocycles. The van der Waals surface area contributed by atoms with Gasteiger partial charge in [-0.2, -0.15) is 5.10 Å². The van der Waals surface area contributed by atoms with Gasteiger partial charge in [0.2, 0.25) is 0 Å². The quantitative estimate of drug-likeness (QED) is 0.867. The summed E-state index contributed by atoms with van der Waals surface area (Å²) in [4.78, 5) is 6.84. The van der Waals surface area contributed by atoms with E-state index in [1.54, 1.807) is 6.33 Å². The predicted molar refractivity (Wildman–Crippen MR) is 88.6 cm³/mol. The van der Waals surface area contributed by atoms with Crippen molar-refractivity contribution in [3.05, 3.63) is 47.0 Å². The summed E-state index contributed by atoms with van der Waals surface area (Å²) in [5.41, 5.74) is 1.15. The van der Waals surface area contributed by atoms with Crippen LogP contribution < -0.4 is 0 Å². The van der Waals surface area contributed by atoms with Gasteiger partial charge in [-0.05, 0) is 31.0 Å². The summed E-state index contributed by atoms with van der Waals surface area (Å²) in [6.45, 7) is 4.86. The molecule has 2 aliphatic rings. The number of fused-ring (bicyclic) bond motifs is 1. The first-order chi connectivity index (χ1) is 11.2. The van der Waals surface area contributed by atoms with Crippen LogP contribution in [0.3, 0.4) is 0 Å². The predicted octanol–water partition coefficient (Wildman–Crippen LogP) is 2.88. The van der Waals surface area contributed by atoms with Crippen LogP contribution in [0.2, 0.25) is 5.02 Å². The minimum Gasteiger partial charge on any atom is -0.371 e. The van der Waals surface area contributed by atoms with Crippen LogP contribution in [0, 0.1) is 0 Å². The average Bonchev–Trinajstić information content (AvgIpc) is 3.14. The van der Waals surface area contributed by atoms with E-state index in [1.165, 1.54) is 0 Å². The molecule has 0 spiro atoms. The lowest BCUT2D eigenvalue weighted by molar-refractivity contribution is -0.0640. The van der Waals surface area contributed by atoms with Crippen molar-refractivity contribution in [2.24, 2.45) is 0 Å². The van der Waals surface area contributed by atoms with Crippen molar-refractivity contribution >= 4 is 11.6 Å². The van der Waals surface area contributed by atoms with Crippen LogP contribution in [0.25, 0.3) is 0 Å². The van der Waals surface area contributed by atoms with E-state index in [9.17, 15) is 0 Å². The van der Waals surface area contributed by atoms with Gasteiger partial charge in [-0.25, -0.2) is 9.67 Å². The van der Waals surface area contributed by atoms with Gasteiger partial charge in [-0.15, -0.1) is 0 Å². The van der Waals surface area contributed by atoms with Gasteiger partial charge in [0.15, 0.2) is 0 Å². The van der Waals surface area contributed by atoms with Crippen molar-refractivity contribution < 1.29 is 4.74 Å². The molecule has 1 saturated heterocycles. The van der Waals surface area contributed by atoms with Crippen LogP contribution >= 0.6 is 11.6 Å². The summed E-state index contributed by atoms with van der Waals surface area (Å²) < 4.78 is 8.14. The van der Waals surface area contributed by atoms with E-state index >= 15 is 0 Å². The lowest BCUT2D eigenvalue weighted by atomic mass is 10.0. The SMILES string of the molecule is CC1COC(c2cccc(Cl)c2)CN1CC1CCc2ncnn21. The normalized spacial score (nSPS) is 28.0. The van der Waals surface area contributed by atoms with E-state index in [4.69, 9.17) is 16.3 Å². The summed E-state index contributed by atoms with van der Waals surface area (Å²) in [6.07, 6.45) is 3.91. The third-order valence-corrected chi connectivity index (χ3v) is 5.16. The topological polar surface area (TPSA) is 43.2 Å². The van der Waals surface area contributed by atoms with Gasteiger partial charge in [0.1, 0.15) is 12.2 Å². The fourth-order valence-electron chi connectivity index (χ4n) is 3.58. The van der Waals surface area contributed by atoms with E-state index in [0.717, 1.165) is 48.9 Å². The molecule has 1 fully saturated rings.